The quantitative estimate of drug-likeness (QED) is 0.416. The van der Waals surface area contributed by atoms with E-state index >= 15 is 0 Å². The van der Waals surface area contributed by atoms with E-state index in [4.69, 9.17) is 0 Å². The summed E-state index contributed by atoms with van der Waals surface area (Å²) in [7, 11) is 3.58. The van der Waals surface area contributed by atoms with Crippen molar-refractivity contribution in [3.05, 3.63) is 72.1 Å². The average Bonchev–Trinajstić information content (AvgIpc) is 2.78. The van der Waals surface area contributed by atoms with Crippen molar-refractivity contribution in [1.29, 1.82) is 0 Å². The van der Waals surface area contributed by atoms with Crippen molar-refractivity contribution in [1.82, 2.24) is 14.9 Å². The molecule has 2 N–H and O–H groups in total. The number of likely N-dealkylation sites (N-methyl/N-ethyl adjacent to an activating group) is 1. The van der Waals surface area contributed by atoms with E-state index in [-0.39, 0.29) is 18.2 Å². The van der Waals surface area contributed by atoms with Gasteiger partial charge in [0.25, 0.3) is 5.91 Å². The Morgan fingerprint density at radius 1 is 1.03 bits per heavy atom. The van der Waals surface area contributed by atoms with Crippen LogP contribution in [0.15, 0.2) is 66.0 Å². The molecule has 0 saturated heterocycles. The molecule has 0 spiro atoms. The summed E-state index contributed by atoms with van der Waals surface area (Å²) in [4.78, 5) is 34.9. The second-order valence-electron chi connectivity index (χ2n) is 7.51. The minimum atomic E-state index is -4.79. The fraction of sp³-hybridized carbons (Fsp3) is 0.217. The van der Waals surface area contributed by atoms with Crippen LogP contribution in [0.5, 0.6) is 5.75 Å². The molecule has 0 unspecified atom stereocenters. The molecule has 2 aromatic heterocycles. The highest BCUT2D eigenvalue weighted by atomic mass is 32.2. The van der Waals surface area contributed by atoms with Crippen LogP contribution in [0.2, 0.25) is 0 Å². The molecule has 0 atom stereocenters. The number of aromatic nitrogens is 2. The summed E-state index contributed by atoms with van der Waals surface area (Å²) in [6, 6.07) is 11.6. The first-order valence-electron chi connectivity index (χ1n) is 10.2. The number of carbonyl (C=O) groups excluding carboxylic acids is 2. The van der Waals surface area contributed by atoms with E-state index in [1.165, 1.54) is 23.9 Å². The maximum atomic E-state index is 12.8. The van der Waals surface area contributed by atoms with E-state index in [1.54, 1.807) is 55.7 Å². The van der Waals surface area contributed by atoms with Crippen molar-refractivity contribution in [2.24, 2.45) is 0 Å². The number of pyridine rings is 2. The SMILES string of the molecule is CN(C)CC(=O)Nc1cc(CSc2ncccc2C(=O)Nc2ccc(OC(F)(F)F)cc2)ccn1. The summed E-state index contributed by atoms with van der Waals surface area (Å²) in [5.74, 6) is -0.153. The van der Waals surface area contributed by atoms with Gasteiger partial charge >= 0.3 is 6.36 Å². The molecular formula is C23H22F3N5O3S. The summed E-state index contributed by atoms with van der Waals surface area (Å²) >= 11 is 1.32. The molecule has 0 saturated carbocycles. The number of carbonyl (C=O) groups is 2. The minimum absolute atomic E-state index is 0.186. The third-order valence-electron chi connectivity index (χ3n) is 4.29. The molecule has 0 bridgehead atoms. The first-order chi connectivity index (χ1) is 16.6. The number of halogens is 3. The molecule has 2 amide bonds. The van der Waals surface area contributed by atoms with Crippen LogP contribution in [0.4, 0.5) is 24.7 Å². The van der Waals surface area contributed by atoms with E-state index in [9.17, 15) is 22.8 Å². The number of benzene rings is 1. The number of anilines is 2. The summed E-state index contributed by atoms with van der Waals surface area (Å²) in [5, 5.41) is 5.85. The van der Waals surface area contributed by atoms with Gasteiger partial charge in [-0.2, -0.15) is 0 Å². The number of rotatable bonds is 9. The van der Waals surface area contributed by atoms with Gasteiger partial charge in [-0.05, 0) is 68.2 Å². The van der Waals surface area contributed by atoms with Gasteiger partial charge in [0.1, 0.15) is 16.6 Å². The highest BCUT2D eigenvalue weighted by Crippen LogP contribution is 2.27. The van der Waals surface area contributed by atoms with Gasteiger partial charge < -0.3 is 20.3 Å². The summed E-state index contributed by atoms with van der Waals surface area (Å²) < 4.78 is 40.8. The summed E-state index contributed by atoms with van der Waals surface area (Å²) in [6.07, 6.45) is -1.65. The lowest BCUT2D eigenvalue weighted by atomic mass is 10.2. The van der Waals surface area contributed by atoms with Gasteiger partial charge in [0.15, 0.2) is 0 Å². The molecule has 0 radical (unpaired) electrons. The Bertz CT molecular complexity index is 1170. The predicted octanol–water partition coefficient (Wildman–Crippen LogP) is 4.42. The molecule has 0 fully saturated rings. The normalized spacial score (nSPS) is 11.3. The molecule has 0 aliphatic rings. The molecule has 0 aliphatic carbocycles. The molecule has 184 valence electrons. The molecule has 1 aromatic carbocycles. The van der Waals surface area contributed by atoms with Crippen LogP contribution in [-0.2, 0) is 10.5 Å². The molecule has 12 heteroatoms. The lowest BCUT2D eigenvalue weighted by Gasteiger charge is -2.12. The number of ether oxygens (including phenoxy) is 1. The first-order valence-corrected chi connectivity index (χ1v) is 11.2. The van der Waals surface area contributed by atoms with Crippen LogP contribution in [-0.4, -0.2) is 53.7 Å². The Labute approximate surface area is 203 Å². The maximum absolute atomic E-state index is 12.8. The number of nitrogens with zero attached hydrogens (tertiary/aromatic N) is 3. The molecule has 3 rings (SSSR count). The van der Waals surface area contributed by atoms with E-state index in [1.807, 2.05) is 0 Å². The van der Waals surface area contributed by atoms with E-state index < -0.39 is 12.3 Å². The molecule has 2 heterocycles. The number of amides is 2. The number of nitrogens with one attached hydrogen (secondary N) is 2. The standard InChI is InChI=1S/C23H22F3N5O3S/c1-31(2)13-20(32)30-19-12-15(9-11-27-19)14-35-22-18(4-3-10-28-22)21(33)29-16-5-7-17(8-6-16)34-23(24,25)26/h3-12H,13-14H2,1-2H3,(H,29,33)(H,27,30,32). The third-order valence-corrected chi connectivity index (χ3v) is 5.37. The fourth-order valence-corrected chi connectivity index (χ4v) is 3.81. The van der Waals surface area contributed by atoms with Gasteiger partial charge in [0.2, 0.25) is 5.91 Å². The van der Waals surface area contributed by atoms with Crippen molar-refractivity contribution in [3.63, 3.8) is 0 Å². The molecule has 8 nitrogen and oxygen atoms in total. The lowest BCUT2D eigenvalue weighted by Crippen LogP contribution is -2.27. The van der Waals surface area contributed by atoms with Crippen molar-refractivity contribution in [2.45, 2.75) is 17.1 Å². The van der Waals surface area contributed by atoms with Crippen LogP contribution >= 0.6 is 11.8 Å². The third kappa shape index (κ3) is 8.58. The summed E-state index contributed by atoms with van der Waals surface area (Å²) in [5.41, 5.74) is 1.47. The zero-order valence-corrected chi connectivity index (χ0v) is 19.6. The monoisotopic (exact) mass is 505 g/mol. The van der Waals surface area contributed by atoms with Crippen LogP contribution in [0.25, 0.3) is 0 Å². The lowest BCUT2D eigenvalue weighted by molar-refractivity contribution is -0.274. The van der Waals surface area contributed by atoms with Crippen molar-refractivity contribution >= 4 is 35.1 Å². The van der Waals surface area contributed by atoms with Crippen LogP contribution in [0.1, 0.15) is 15.9 Å². The van der Waals surface area contributed by atoms with E-state index in [0.29, 0.717) is 27.8 Å². The Balaban J connectivity index is 1.64. The fourth-order valence-electron chi connectivity index (χ4n) is 2.87. The van der Waals surface area contributed by atoms with E-state index in [0.717, 1.165) is 17.7 Å². The topological polar surface area (TPSA) is 96.5 Å². The second kappa shape index (κ2) is 11.7. The van der Waals surface area contributed by atoms with Crippen LogP contribution < -0.4 is 15.4 Å². The highest BCUT2D eigenvalue weighted by Gasteiger charge is 2.31. The zero-order chi connectivity index (χ0) is 25.4. The molecule has 35 heavy (non-hydrogen) atoms. The van der Waals surface area contributed by atoms with Crippen LogP contribution in [0, 0.1) is 0 Å². The van der Waals surface area contributed by atoms with E-state index in [2.05, 4.69) is 25.3 Å². The van der Waals surface area contributed by atoms with Gasteiger partial charge in [-0.1, -0.05) is 0 Å². The number of hydrogen-bond donors (Lipinski definition) is 2. The van der Waals surface area contributed by atoms with Gasteiger partial charge in [-0.15, -0.1) is 24.9 Å². The van der Waals surface area contributed by atoms with Crippen molar-refractivity contribution < 1.29 is 27.5 Å². The Morgan fingerprint density at radius 3 is 2.46 bits per heavy atom. The number of thioether (sulfide) groups is 1. The van der Waals surface area contributed by atoms with Gasteiger partial charge in [-0.3, -0.25) is 9.59 Å². The second-order valence-corrected chi connectivity index (χ2v) is 8.47. The van der Waals surface area contributed by atoms with Gasteiger partial charge in [-0.25, -0.2) is 9.97 Å². The molecule has 3 aromatic rings. The Kier molecular flexibility index (Phi) is 8.66. The molecular weight excluding hydrogens is 483 g/mol. The maximum Gasteiger partial charge on any atom is 0.573 e. The first kappa shape index (κ1) is 26.0. The predicted molar refractivity (Wildman–Crippen MR) is 126 cm³/mol. The molecule has 0 aliphatic heterocycles. The zero-order valence-electron chi connectivity index (χ0n) is 18.8. The van der Waals surface area contributed by atoms with Crippen molar-refractivity contribution in [3.8, 4) is 5.75 Å². The number of alkyl halides is 3. The number of hydrogen-bond acceptors (Lipinski definition) is 7. The van der Waals surface area contributed by atoms with Gasteiger partial charge in [0, 0.05) is 23.8 Å². The average molecular weight is 506 g/mol. The minimum Gasteiger partial charge on any atom is -0.406 e. The van der Waals surface area contributed by atoms with Crippen molar-refractivity contribution in [2.75, 3.05) is 31.3 Å². The Hall–Kier alpha value is -3.64. The largest absolute Gasteiger partial charge is 0.573 e. The van der Waals surface area contributed by atoms with Gasteiger partial charge in [0.05, 0.1) is 12.1 Å². The summed E-state index contributed by atoms with van der Waals surface area (Å²) in [6.45, 7) is 0.227. The highest BCUT2D eigenvalue weighted by molar-refractivity contribution is 7.98. The Morgan fingerprint density at radius 2 is 1.77 bits per heavy atom. The smallest absolute Gasteiger partial charge is 0.406 e. The van der Waals surface area contributed by atoms with Crippen LogP contribution in [0.3, 0.4) is 0 Å².